The first-order valence-corrected chi connectivity index (χ1v) is 8.31. The summed E-state index contributed by atoms with van der Waals surface area (Å²) in [5.74, 6) is -1.21. The van der Waals surface area contributed by atoms with Gasteiger partial charge in [-0.3, -0.25) is 4.79 Å². The second-order valence-electron chi connectivity index (χ2n) is 6.19. The zero-order valence-electron chi connectivity index (χ0n) is 14.8. The summed E-state index contributed by atoms with van der Waals surface area (Å²) in [6.07, 6.45) is 4.09. The number of aryl methyl sites for hydroxylation is 2. The Morgan fingerprint density at radius 1 is 1.25 bits per heavy atom. The number of benzene rings is 1. The Kier molecular flexibility index (Phi) is 5.65. The Balaban J connectivity index is 2.63. The average Bonchev–Trinajstić information content (AvgIpc) is 2.78. The van der Waals surface area contributed by atoms with Gasteiger partial charge in [0.15, 0.2) is 0 Å². The van der Waals surface area contributed by atoms with Crippen LogP contribution in [0.2, 0.25) is 0 Å². The average molecular weight is 331 g/mol. The molecule has 2 rings (SSSR count). The van der Waals surface area contributed by atoms with Gasteiger partial charge in [0.2, 0.25) is 0 Å². The van der Waals surface area contributed by atoms with Gasteiger partial charge in [-0.2, -0.15) is 0 Å². The SMILES string of the molecule is CCCCCc1c(CC(=O)O)c2cc(C)c(C(=O)OC)cc2n1C. The van der Waals surface area contributed by atoms with Crippen LogP contribution in [0.25, 0.3) is 10.9 Å². The number of fused-ring (bicyclic) bond motifs is 1. The number of hydrogen-bond donors (Lipinski definition) is 1. The number of hydrogen-bond acceptors (Lipinski definition) is 3. The van der Waals surface area contributed by atoms with Gasteiger partial charge >= 0.3 is 11.9 Å². The van der Waals surface area contributed by atoms with Crippen molar-refractivity contribution in [1.82, 2.24) is 4.57 Å². The fourth-order valence-electron chi connectivity index (χ4n) is 3.26. The highest BCUT2D eigenvalue weighted by Gasteiger charge is 2.20. The van der Waals surface area contributed by atoms with Crippen LogP contribution in [0.15, 0.2) is 12.1 Å². The molecule has 0 unspecified atom stereocenters. The smallest absolute Gasteiger partial charge is 0.338 e. The van der Waals surface area contributed by atoms with E-state index in [9.17, 15) is 14.7 Å². The molecule has 1 N–H and O–H groups in total. The van der Waals surface area contributed by atoms with Crippen molar-refractivity contribution in [2.75, 3.05) is 7.11 Å². The molecule has 2 aromatic rings. The second-order valence-corrected chi connectivity index (χ2v) is 6.19. The summed E-state index contributed by atoms with van der Waals surface area (Å²) in [7, 11) is 3.30. The maximum Gasteiger partial charge on any atom is 0.338 e. The van der Waals surface area contributed by atoms with Crippen LogP contribution in [-0.4, -0.2) is 28.7 Å². The Hall–Kier alpha value is -2.30. The molecule has 0 bridgehead atoms. The van der Waals surface area contributed by atoms with Crippen molar-refractivity contribution in [2.45, 2.75) is 46.0 Å². The lowest BCUT2D eigenvalue weighted by Crippen LogP contribution is -2.05. The molecule has 1 aromatic carbocycles. The van der Waals surface area contributed by atoms with E-state index in [0.717, 1.165) is 53.4 Å². The predicted molar refractivity (Wildman–Crippen MR) is 93.6 cm³/mol. The summed E-state index contributed by atoms with van der Waals surface area (Å²) in [4.78, 5) is 23.3. The number of nitrogens with zero attached hydrogens (tertiary/aromatic N) is 1. The predicted octanol–water partition coefficient (Wildman–Crippen LogP) is 3.63. The molecule has 0 spiro atoms. The van der Waals surface area contributed by atoms with Crippen molar-refractivity contribution >= 4 is 22.8 Å². The number of carbonyl (C=O) groups is 2. The van der Waals surface area contributed by atoms with Crippen molar-refractivity contribution in [3.8, 4) is 0 Å². The minimum atomic E-state index is -0.839. The van der Waals surface area contributed by atoms with Crippen LogP contribution in [0.5, 0.6) is 0 Å². The molecule has 0 atom stereocenters. The molecule has 5 nitrogen and oxygen atoms in total. The molecule has 0 saturated heterocycles. The topological polar surface area (TPSA) is 68.5 Å². The highest BCUT2D eigenvalue weighted by atomic mass is 16.5. The Labute approximate surface area is 142 Å². The van der Waals surface area contributed by atoms with Gasteiger partial charge in [-0.05, 0) is 43.0 Å². The van der Waals surface area contributed by atoms with Gasteiger partial charge in [0, 0.05) is 23.6 Å². The van der Waals surface area contributed by atoms with Crippen molar-refractivity contribution in [2.24, 2.45) is 7.05 Å². The fraction of sp³-hybridized carbons (Fsp3) is 0.474. The van der Waals surface area contributed by atoms with E-state index in [2.05, 4.69) is 6.92 Å². The van der Waals surface area contributed by atoms with Crippen LogP contribution in [0, 0.1) is 6.92 Å². The summed E-state index contributed by atoms with van der Waals surface area (Å²) in [6.45, 7) is 3.99. The lowest BCUT2D eigenvalue weighted by molar-refractivity contribution is -0.136. The molecule has 130 valence electrons. The quantitative estimate of drug-likeness (QED) is 0.621. The van der Waals surface area contributed by atoms with E-state index in [0.29, 0.717) is 5.56 Å². The molecular weight excluding hydrogens is 306 g/mol. The minimum Gasteiger partial charge on any atom is -0.481 e. The van der Waals surface area contributed by atoms with Crippen LogP contribution in [0.1, 0.15) is 53.4 Å². The number of aliphatic carboxylic acids is 1. The second kappa shape index (κ2) is 7.51. The molecule has 1 heterocycles. The lowest BCUT2D eigenvalue weighted by Gasteiger charge is -2.07. The van der Waals surface area contributed by atoms with E-state index in [1.807, 2.05) is 30.7 Å². The highest BCUT2D eigenvalue weighted by molar-refractivity contribution is 5.98. The van der Waals surface area contributed by atoms with Crippen molar-refractivity contribution in [1.29, 1.82) is 0 Å². The third kappa shape index (κ3) is 3.45. The molecule has 0 fully saturated rings. The van der Waals surface area contributed by atoms with Gasteiger partial charge in [-0.1, -0.05) is 19.8 Å². The van der Waals surface area contributed by atoms with Crippen LogP contribution in [-0.2, 0) is 29.4 Å². The number of carboxylic acids is 1. The van der Waals surface area contributed by atoms with E-state index in [-0.39, 0.29) is 12.4 Å². The maximum atomic E-state index is 11.9. The number of unbranched alkanes of at least 4 members (excludes halogenated alkanes) is 2. The zero-order valence-corrected chi connectivity index (χ0v) is 14.8. The van der Waals surface area contributed by atoms with Gasteiger partial charge in [0.25, 0.3) is 0 Å². The van der Waals surface area contributed by atoms with Crippen molar-refractivity contribution < 1.29 is 19.4 Å². The molecule has 0 amide bonds. The molecule has 5 heteroatoms. The number of ether oxygens (including phenoxy) is 1. The summed E-state index contributed by atoms with van der Waals surface area (Å²) < 4.78 is 6.87. The Bertz CT molecular complexity index is 774. The van der Waals surface area contributed by atoms with Gasteiger partial charge in [0.1, 0.15) is 0 Å². The van der Waals surface area contributed by atoms with Gasteiger partial charge in [-0.25, -0.2) is 4.79 Å². The molecule has 0 aliphatic heterocycles. The molecule has 0 aliphatic carbocycles. The Morgan fingerprint density at radius 3 is 2.54 bits per heavy atom. The summed E-state index contributed by atoms with van der Waals surface area (Å²) in [6, 6.07) is 3.72. The third-order valence-corrected chi connectivity index (χ3v) is 4.53. The molecule has 1 aromatic heterocycles. The van der Waals surface area contributed by atoms with E-state index < -0.39 is 5.97 Å². The first kappa shape index (κ1) is 18.0. The molecular formula is C19H25NO4. The maximum absolute atomic E-state index is 11.9. The number of carboxylic acid groups (broad SMARTS) is 1. The molecule has 0 saturated carbocycles. The minimum absolute atomic E-state index is 0.00416. The van der Waals surface area contributed by atoms with Gasteiger partial charge in [0.05, 0.1) is 19.1 Å². The normalized spacial score (nSPS) is 11.0. The van der Waals surface area contributed by atoms with Crippen molar-refractivity contribution in [3.05, 3.63) is 34.5 Å². The van der Waals surface area contributed by atoms with Crippen LogP contribution in [0.3, 0.4) is 0 Å². The Morgan fingerprint density at radius 2 is 1.96 bits per heavy atom. The summed E-state index contributed by atoms with van der Waals surface area (Å²) in [5.41, 5.74) is 4.10. The number of carbonyl (C=O) groups excluding carboxylic acids is 1. The van der Waals surface area contributed by atoms with Gasteiger partial charge in [-0.15, -0.1) is 0 Å². The van der Waals surface area contributed by atoms with E-state index >= 15 is 0 Å². The molecule has 0 radical (unpaired) electrons. The number of rotatable bonds is 7. The monoisotopic (exact) mass is 331 g/mol. The van der Waals surface area contributed by atoms with Gasteiger partial charge < -0.3 is 14.4 Å². The van der Waals surface area contributed by atoms with E-state index in [1.54, 1.807) is 0 Å². The van der Waals surface area contributed by atoms with E-state index in [1.165, 1.54) is 7.11 Å². The number of esters is 1. The largest absolute Gasteiger partial charge is 0.481 e. The zero-order chi connectivity index (χ0) is 17.9. The van der Waals surface area contributed by atoms with E-state index in [4.69, 9.17) is 4.74 Å². The van der Waals surface area contributed by atoms with Crippen LogP contribution >= 0.6 is 0 Å². The lowest BCUT2D eigenvalue weighted by atomic mass is 10.0. The highest BCUT2D eigenvalue weighted by Crippen LogP contribution is 2.30. The summed E-state index contributed by atoms with van der Waals surface area (Å²) >= 11 is 0. The first-order chi connectivity index (χ1) is 11.4. The third-order valence-electron chi connectivity index (χ3n) is 4.53. The number of aromatic nitrogens is 1. The summed E-state index contributed by atoms with van der Waals surface area (Å²) in [5, 5.41) is 10.2. The number of methoxy groups -OCH3 is 1. The molecule has 24 heavy (non-hydrogen) atoms. The standard InChI is InChI=1S/C19H25NO4/c1-5-6-7-8-16-15(11-18(21)22)14-9-12(2)13(19(23)24-4)10-17(14)20(16)3/h9-10H,5-8,11H2,1-4H3,(H,21,22). The van der Waals surface area contributed by atoms with Crippen LogP contribution < -0.4 is 0 Å². The van der Waals surface area contributed by atoms with Crippen molar-refractivity contribution in [3.63, 3.8) is 0 Å². The van der Waals surface area contributed by atoms with Crippen LogP contribution in [0.4, 0.5) is 0 Å². The molecule has 0 aliphatic rings. The first-order valence-electron chi connectivity index (χ1n) is 8.31. The fourth-order valence-corrected chi connectivity index (χ4v) is 3.26.